The third-order valence-corrected chi connectivity index (χ3v) is 13.8. The van der Waals surface area contributed by atoms with Crippen LogP contribution in [0.3, 0.4) is 0 Å². The highest BCUT2D eigenvalue weighted by Crippen LogP contribution is 2.14. The Kier molecular flexibility index (Phi) is 43.8. The van der Waals surface area contributed by atoms with Crippen LogP contribution in [0.1, 0.15) is 233 Å². The monoisotopic (exact) mass is 1410 g/mol. The zero-order valence-electron chi connectivity index (χ0n) is 63.7. The molecule has 100 heavy (non-hydrogen) atoms. The molecule has 0 bridgehead atoms. The molecule has 1 N–H and O–H groups in total. The van der Waals surface area contributed by atoms with E-state index in [-0.39, 0.29) is 16.3 Å². The van der Waals surface area contributed by atoms with Crippen LogP contribution in [0.5, 0.6) is 0 Å². The lowest BCUT2D eigenvalue weighted by Crippen LogP contribution is -2.27. The zero-order valence-corrected chi connectivity index (χ0v) is 64.5. The Bertz CT molecular complexity index is 3130. The van der Waals surface area contributed by atoms with Crippen LogP contribution in [0.4, 0.5) is 0 Å². The molecule has 554 valence electrons. The Morgan fingerprint density at radius 1 is 0.470 bits per heavy atom. The van der Waals surface area contributed by atoms with Crippen molar-refractivity contribution in [3.05, 3.63) is 174 Å². The van der Waals surface area contributed by atoms with Crippen molar-refractivity contribution in [2.45, 2.75) is 245 Å². The lowest BCUT2D eigenvalue weighted by molar-refractivity contribution is -0.127. The average Bonchev–Trinajstić information content (AvgIpc) is 2.07. The Hall–Kier alpha value is -9.82. The number of aromatic amines is 1. The molecule has 2 aliphatic rings. The minimum atomic E-state index is -0.0382. The first-order valence-corrected chi connectivity index (χ1v) is 34.6. The van der Waals surface area contributed by atoms with Gasteiger partial charge in [-0.05, 0) is 207 Å². The number of thiazole rings is 1. The molecule has 0 atom stereocenters. The highest BCUT2D eigenvalue weighted by molar-refractivity contribution is 7.07. The normalized spacial score (nSPS) is 11.9. The number of rotatable bonds is 12. The van der Waals surface area contributed by atoms with Crippen molar-refractivity contribution >= 4 is 17.2 Å². The summed E-state index contributed by atoms with van der Waals surface area (Å²) in [6.07, 6.45) is 32.4. The van der Waals surface area contributed by atoms with E-state index in [1.165, 1.54) is 23.7 Å². The lowest BCUT2D eigenvalue weighted by Gasteiger charge is -2.20. The molecular weight excluding hydrogens is 1290 g/mol. The quantitative estimate of drug-likeness (QED) is 0.119. The predicted molar refractivity (Wildman–Crippen MR) is 393 cm³/mol. The van der Waals surface area contributed by atoms with Crippen LogP contribution in [-0.4, -0.2) is 170 Å². The van der Waals surface area contributed by atoms with Crippen LogP contribution >= 0.6 is 11.3 Å². The van der Waals surface area contributed by atoms with Crippen molar-refractivity contribution < 1.29 is 9.53 Å². The molecule has 33 heteroatoms. The summed E-state index contributed by atoms with van der Waals surface area (Å²) >= 11 is 1.24. The Labute approximate surface area is 595 Å². The highest BCUT2D eigenvalue weighted by Gasteiger charge is 2.18. The van der Waals surface area contributed by atoms with Gasteiger partial charge < -0.3 is 28.2 Å². The van der Waals surface area contributed by atoms with Gasteiger partial charge in [-0.2, -0.15) is 30.0 Å². The number of H-pyrrole nitrogens is 1. The van der Waals surface area contributed by atoms with E-state index in [1.807, 2.05) is 147 Å². The van der Waals surface area contributed by atoms with E-state index >= 15 is 0 Å². The van der Waals surface area contributed by atoms with Gasteiger partial charge in [0.2, 0.25) is 5.91 Å². The van der Waals surface area contributed by atoms with Gasteiger partial charge in [0.05, 0.1) is 37.2 Å². The maximum Gasteiger partial charge on any atom is 0.307 e. The SMILES string of the molecule is C=C1OCCN1C(C)C.CC(C)N1C=CCC1=O.CC(C)n1ccc(=O)[nH]1.CC(C)n1cccc1.CC(C)n1cccn1.CC(C)n1ccnn1.CC(C)n1ccsc1=O.CC(C)n1cncn1.CC(C)n1cnnc1.CC(C)n1cnnn1.CC(C)n1nccn1.CC(C)n1ncnn1. The van der Waals surface area contributed by atoms with E-state index in [1.54, 1.807) is 100 Å². The lowest BCUT2D eigenvalue weighted by atomic mass is 10.3. The van der Waals surface area contributed by atoms with Crippen LogP contribution in [0.2, 0.25) is 0 Å². The molecule has 0 spiro atoms. The maximum atomic E-state index is 10.9. The van der Waals surface area contributed by atoms with E-state index < -0.39 is 0 Å². The summed E-state index contributed by atoms with van der Waals surface area (Å²) in [5.41, 5.74) is -0.0382. The highest BCUT2D eigenvalue weighted by atomic mass is 32.1. The van der Waals surface area contributed by atoms with Crippen LogP contribution in [-0.2, 0) is 9.53 Å². The summed E-state index contributed by atoms with van der Waals surface area (Å²) in [4.78, 5) is 43.3. The van der Waals surface area contributed by atoms with Crippen molar-refractivity contribution in [3.63, 3.8) is 0 Å². The van der Waals surface area contributed by atoms with Gasteiger partial charge in [0.25, 0.3) is 5.56 Å². The number of nitrogens with zero attached hydrogens (tertiary/aromatic N) is 27. The fourth-order valence-corrected chi connectivity index (χ4v) is 7.98. The van der Waals surface area contributed by atoms with Gasteiger partial charge in [-0.1, -0.05) is 22.6 Å². The van der Waals surface area contributed by atoms with Gasteiger partial charge >= 0.3 is 4.87 Å². The topological polar surface area (TPSA) is 325 Å². The van der Waals surface area contributed by atoms with Crippen molar-refractivity contribution in [3.8, 4) is 0 Å². The molecular formula is C67H116N28O4S. The van der Waals surface area contributed by atoms with E-state index in [0.29, 0.717) is 78.9 Å². The van der Waals surface area contributed by atoms with E-state index in [9.17, 15) is 14.4 Å². The number of tetrazole rings is 2. The fraction of sp³-hybridized carbons (Fsp3) is 0.582. The van der Waals surface area contributed by atoms with Gasteiger partial charge in [-0.15, -0.1) is 30.6 Å². The molecule has 10 aromatic rings. The van der Waals surface area contributed by atoms with Gasteiger partial charge in [-0.3, -0.25) is 38.2 Å². The van der Waals surface area contributed by atoms with Crippen LogP contribution in [0, 0.1) is 0 Å². The second-order valence-corrected chi connectivity index (χ2v) is 26.3. The first kappa shape index (κ1) is 88.2. The molecule has 10 aromatic heterocycles. The number of ether oxygens (including phenoxy) is 1. The number of carbonyl (C=O) groups excluding carboxylic acids is 1. The first-order chi connectivity index (χ1) is 47.3. The Balaban J connectivity index is 0.000000546. The molecule has 12 rings (SSSR count). The number of nitrogens with one attached hydrogen (secondary N) is 1. The summed E-state index contributed by atoms with van der Waals surface area (Å²) in [5.74, 6) is 1.04. The van der Waals surface area contributed by atoms with Crippen LogP contribution < -0.4 is 10.4 Å². The number of amides is 1. The molecule has 1 amide bonds. The third kappa shape index (κ3) is 37.8. The van der Waals surface area contributed by atoms with Crippen LogP contribution in [0.25, 0.3) is 0 Å². The second kappa shape index (κ2) is 49.7. The largest absolute Gasteiger partial charge is 0.478 e. The molecule has 0 radical (unpaired) electrons. The van der Waals surface area contributed by atoms with Gasteiger partial charge in [0.1, 0.15) is 38.2 Å². The molecule has 0 saturated carbocycles. The van der Waals surface area contributed by atoms with Crippen molar-refractivity contribution in [1.82, 2.24) is 138 Å². The molecule has 12 heterocycles. The predicted octanol–water partition coefficient (Wildman–Crippen LogP) is 12.1. The van der Waals surface area contributed by atoms with E-state index in [2.05, 4.69) is 193 Å². The Morgan fingerprint density at radius 3 is 1.32 bits per heavy atom. The number of aromatic nitrogens is 26. The van der Waals surface area contributed by atoms with Crippen molar-refractivity contribution in [2.75, 3.05) is 13.2 Å². The molecule has 32 nitrogen and oxygen atoms in total. The maximum absolute atomic E-state index is 10.9. The summed E-state index contributed by atoms with van der Waals surface area (Å²) in [7, 11) is 0. The van der Waals surface area contributed by atoms with Gasteiger partial charge in [0.15, 0.2) is 12.2 Å². The summed E-state index contributed by atoms with van der Waals surface area (Å²) in [6.45, 7) is 55.0. The molecule has 2 aliphatic heterocycles. The van der Waals surface area contributed by atoms with Crippen molar-refractivity contribution in [2.24, 2.45) is 0 Å². The average molecular weight is 1410 g/mol. The Morgan fingerprint density at radius 2 is 1.08 bits per heavy atom. The number of carbonyl (C=O) groups is 1. The van der Waals surface area contributed by atoms with Crippen LogP contribution in [0.15, 0.2) is 164 Å². The number of hydrogen-bond acceptors (Lipinski definition) is 21. The smallest absolute Gasteiger partial charge is 0.307 e. The van der Waals surface area contributed by atoms with Gasteiger partial charge in [-0.25, -0.2) is 9.67 Å². The van der Waals surface area contributed by atoms with Crippen molar-refractivity contribution in [1.29, 1.82) is 0 Å². The van der Waals surface area contributed by atoms with E-state index in [0.717, 1.165) is 19.0 Å². The minimum absolute atomic E-state index is 0.0382. The standard InChI is InChI=1S/C7H13NO.C7H11NO.C7H11N.C6H10N2O.C6H10N2.C6H9NOS.4C5H9N3.2C4H8N4/c1-6(2)8-4-5-9-7(8)3;1-6(2)8-5-3-4-7(8)9;1-7(2)8-5-3-4-6-8;1-5(2)8-4-3-6(9)7-8;1-6(2)8-5-3-4-7-8;1-5(2)7-3-4-9-6(7)8;1-5(2)8-3-6-7-4-8;1-5(2)8-4-6-3-7-8;1-5(2)8-4-3-6-7-8;1-5(2)8-6-3-4-7-8;1-4(2)8-3-5-6-7-8;1-4(2)8-6-3-5-7-8/h6H,3-5H2,1-2H3;3,5-6H,4H2,1-2H3;3-7H,1-2H3;3-5H,1-2H3,(H,7,9);3-6H,1-2H3;3-5H,1-2H3;4*3-5H,1-2H3;2*3-4H,1-2H3. The van der Waals surface area contributed by atoms with E-state index in [4.69, 9.17) is 4.74 Å². The molecule has 0 unspecified atom stereocenters. The third-order valence-electron chi connectivity index (χ3n) is 13.2. The summed E-state index contributed by atoms with van der Waals surface area (Å²) in [5, 5.41) is 56.6. The molecule has 1 saturated heterocycles. The molecule has 0 aliphatic carbocycles. The molecule has 0 aromatic carbocycles. The first-order valence-electron chi connectivity index (χ1n) is 33.7. The fourth-order valence-electron chi connectivity index (χ4n) is 7.28. The summed E-state index contributed by atoms with van der Waals surface area (Å²) < 4.78 is 20.0. The van der Waals surface area contributed by atoms with Gasteiger partial charge in [0, 0.05) is 128 Å². The summed E-state index contributed by atoms with van der Waals surface area (Å²) in [6, 6.07) is 12.5. The number of hydrogen-bond donors (Lipinski definition) is 1. The zero-order chi connectivity index (χ0) is 75.3. The minimum Gasteiger partial charge on any atom is -0.478 e. The molecule has 1 fully saturated rings. The second-order valence-electron chi connectivity index (χ2n) is 25.4.